The van der Waals surface area contributed by atoms with Crippen molar-refractivity contribution in [2.75, 3.05) is 13.1 Å². The maximum Gasteiger partial charge on any atom is 0.0628 e. The Morgan fingerprint density at radius 1 is 1.16 bits per heavy atom. The van der Waals surface area contributed by atoms with Crippen molar-refractivity contribution in [3.63, 3.8) is 0 Å². The van der Waals surface area contributed by atoms with Gasteiger partial charge in [-0.15, -0.1) is 0 Å². The molecular formula is C16H31N3. The predicted octanol–water partition coefficient (Wildman–Crippen LogP) is 3.48. The minimum Gasteiger partial charge on any atom is -0.316 e. The third-order valence-electron chi connectivity index (χ3n) is 3.66. The summed E-state index contributed by atoms with van der Waals surface area (Å²) in [6.45, 7) is 14.4. The lowest BCUT2D eigenvalue weighted by atomic mass is 10.1. The van der Waals surface area contributed by atoms with Crippen molar-refractivity contribution in [2.24, 2.45) is 5.92 Å². The van der Waals surface area contributed by atoms with Gasteiger partial charge in [0, 0.05) is 12.2 Å². The number of hydrogen-bond acceptors (Lipinski definition) is 2. The molecule has 0 atom stereocenters. The summed E-state index contributed by atoms with van der Waals surface area (Å²) in [6.07, 6.45) is 4.88. The van der Waals surface area contributed by atoms with E-state index >= 15 is 0 Å². The SMILES string of the molecule is CCc1c(C)nn(CCCCCNCC(C)C)c1C. The van der Waals surface area contributed by atoms with E-state index in [4.69, 9.17) is 0 Å². The van der Waals surface area contributed by atoms with Crippen molar-refractivity contribution in [3.8, 4) is 0 Å². The van der Waals surface area contributed by atoms with Gasteiger partial charge >= 0.3 is 0 Å². The molecule has 1 heterocycles. The number of aromatic nitrogens is 2. The average Bonchev–Trinajstić information content (AvgIpc) is 2.62. The molecule has 0 aromatic carbocycles. The molecule has 0 aliphatic heterocycles. The topological polar surface area (TPSA) is 29.9 Å². The van der Waals surface area contributed by atoms with Crippen LogP contribution in [0, 0.1) is 19.8 Å². The Labute approximate surface area is 118 Å². The van der Waals surface area contributed by atoms with Crippen molar-refractivity contribution in [1.29, 1.82) is 0 Å². The molecule has 0 bridgehead atoms. The molecule has 3 heteroatoms. The van der Waals surface area contributed by atoms with E-state index in [0.717, 1.165) is 32.0 Å². The monoisotopic (exact) mass is 265 g/mol. The molecule has 0 aliphatic rings. The second-order valence-corrected chi connectivity index (χ2v) is 5.88. The molecule has 0 aliphatic carbocycles. The summed E-state index contributed by atoms with van der Waals surface area (Å²) < 4.78 is 2.19. The normalized spacial score (nSPS) is 11.5. The Morgan fingerprint density at radius 2 is 1.89 bits per heavy atom. The van der Waals surface area contributed by atoms with Crippen LogP contribution in [0.5, 0.6) is 0 Å². The Hall–Kier alpha value is -0.830. The number of aryl methyl sites for hydroxylation is 2. The van der Waals surface area contributed by atoms with Gasteiger partial charge in [0.1, 0.15) is 0 Å². The molecule has 0 unspecified atom stereocenters. The first-order valence-electron chi connectivity index (χ1n) is 7.79. The van der Waals surface area contributed by atoms with Crippen molar-refractivity contribution < 1.29 is 0 Å². The van der Waals surface area contributed by atoms with E-state index in [-0.39, 0.29) is 0 Å². The number of rotatable bonds is 9. The Balaban J connectivity index is 2.19. The molecular weight excluding hydrogens is 234 g/mol. The van der Waals surface area contributed by atoms with Crippen LogP contribution >= 0.6 is 0 Å². The first-order valence-corrected chi connectivity index (χ1v) is 7.79. The quantitative estimate of drug-likeness (QED) is 0.693. The standard InChI is InChI=1S/C16H31N3/c1-6-16-14(4)18-19(15(16)5)11-9-7-8-10-17-12-13(2)3/h13,17H,6-12H2,1-5H3. The van der Waals surface area contributed by atoms with Crippen LogP contribution in [0.4, 0.5) is 0 Å². The molecule has 0 fully saturated rings. The van der Waals surface area contributed by atoms with Crippen LogP contribution in [0.25, 0.3) is 0 Å². The minimum atomic E-state index is 0.752. The summed E-state index contributed by atoms with van der Waals surface area (Å²) >= 11 is 0. The Bertz CT molecular complexity index is 366. The van der Waals surface area contributed by atoms with Crippen LogP contribution in [0.2, 0.25) is 0 Å². The van der Waals surface area contributed by atoms with Gasteiger partial charge < -0.3 is 5.32 Å². The molecule has 1 rings (SSSR count). The van der Waals surface area contributed by atoms with Gasteiger partial charge in [0.05, 0.1) is 5.69 Å². The molecule has 0 amide bonds. The summed E-state index contributed by atoms with van der Waals surface area (Å²) in [5.74, 6) is 0.752. The van der Waals surface area contributed by atoms with E-state index in [1.54, 1.807) is 0 Å². The molecule has 110 valence electrons. The van der Waals surface area contributed by atoms with Crippen LogP contribution < -0.4 is 5.32 Å². The summed E-state index contributed by atoms with van der Waals surface area (Å²) in [5, 5.41) is 8.13. The van der Waals surface area contributed by atoms with Crippen molar-refractivity contribution in [1.82, 2.24) is 15.1 Å². The Morgan fingerprint density at radius 3 is 2.47 bits per heavy atom. The van der Waals surface area contributed by atoms with Gasteiger partial charge in [-0.05, 0) is 57.7 Å². The smallest absolute Gasteiger partial charge is 0.0628 e. The van der Waals surface area contributed by atoms with Crippen molar-refractivity contribution in [3.05, 3.63) is 17.0 Å². The zero-order chi connectivity index (χ0) is 14.3. The summed E-state index contributed by atoms with van der Waals surface area (Å²) in [4.78, 5) is 0. The van der Waals surface area contributed by atoms with Crippen LogP contribution in [0.1, 0.15) is 57.0 Å². The molecule has 1 aromatic rings. The van der Waals surface area contributed by atoms with Gasteiger partial charge in [-0.2, -0.15) is 5.10 Å². The maximum absolute atomic E-state index is 4.64. The lowest BCUT2D eigenvalue weighted by Crippen LogP contribution is -2.20. The third-order valence-corrected chi connectivity index (χ3v) is 3.66. The molecule has 1 aromatic heterocycles. The highest BCUT2D eigenvalue weighted by Gasteiger charge is 2.08. The van der Waals surface area contributed by atoms with E-state index in [1.165, 1.54) is 36.2 Å². The van der Waals surface area contributed by atoms with Gasteiger partial charge in [-0.25, -0.2) is 0 Å². The van der Waals surface area contributed by atoms with E-state index in [0.29, 0.717) is 0 Å². The number of nitrogens with zero attached hydrogens (tertiary/aromatic N) is 2. The highest BCUT2D eigenvalue weighted by molar-refractivity contribution is 5.24. The average molecular weight is 265 g/mol. The lowest BCUT2D eigenvalue weighted by molar-refractivity contribution is 0.501. The second-order valence-electron chi connectivity index (χ2n) is 5.88. The predicted molar refractivity (Wildman–Crippen MR) is 82.6 cm³/mol. The lowest BCUT2D eigenvalue weighted by Gasteiger charge is -2.08. The highest BCUT2D eigenvalue weighted by Crippen LogP contribution is 2.14. The third kappa shape index (κ3) is 5.35. The first kappa shape index (κ1) is 16.2. The number of nitrogens with one attached hydrogen (secondary N) is 1. The van der Waals surface area contributed by atoms with Gasteiger partial charge in [0.2, 0.25) is 0 Å². The zero-order valence-electron chi connectivity index (χ0n) is 13.4. The number of unbranched alkanes of at least 4 members (excludes halogenated alkanes) is 2. The van der Waals surface area contributed by atoms with E-state index in [2.05, 4.69) is 49.7 Å². The Kier molecular flexibility index (Phi) is 7.14. The van der Waals surface area contributed by atoms with Crippen LogP contribution in [-0.4, -0.2) is 22.9 Å². The first-order chi connectivity index (χ1) is 9.06. The summed E-state index contributed by atoms with van der Waals surface area (Å²) in [7, 11) is 0. The molecule has 0 saturated carbocycles. The fourth-order valence-corrected chi connectivity index (χ4v) is 2.54. The fraction of sp³-hybridized carbons (Fsp3) is 0.812. The van der Waals surface area contributed by atoms with E-state index in [1.807, 2.05) is 0 Å². The zero-order valence-corrected chi connectivity index (χ0v) is 13.4. The van der Waals surface area contributed by atoms with Gasteiger partial charge in [-0.1, -0.05) is 27.2 Å². The molecule has 0 spiro atoms. The molecule has 0 saturated heterocycles. The fourth-order valence-electron chi connectivity index (χ4n) is 2.54. The maximum atomic E-state index is 4.64. The largest absolute Gasteiger partial charge is 0.316 e. The van der Waals surface area contributed by atoms with Gasteiger partial charge in [0.25, 0.3) is 0 Å². The van der Waals surface area contributed by atoms with Crippen molar-refractivity contribution in [2.45, 2.75) is 66.8 Å². The van der Waals surface area contributed by atoms with Crippen LogP contribution in [-0.2, 0) is 13.0 Å². The van der Waals surface area contributed by atoms with E-state index in [9.17, 15) is 0 Å². The molecule has 3 nitrogen and oxygen atoms in total. The highest BCUT2D eigenvalue weighted by atomic mass is 15.3. The summed E-state index contributed by atoms with van der Waals surface area (Å²) in [6, 6.07) is 0. The van der Waals surface area contributed by atoms with Crippen LogP contribution in [0.15, 0.2) is 0 Å². The molecule has 1 N–H and O–H groups in total. The van der Waals surface area contributed by atoms with Gasteiger partial charge in [0.15, 0.2) is 0 Å². The number of hydrogen-bond donors (Lipinski definition) is 1. The van der Waals surface area contributed by atoms with Crippen molar-refractivity contribution >= 4 is 0 Å². The summed E-state index contributed by atoms with van der Waals surface area (Å²) in [5.41, 5.74) is 4.00. The molecule has 19 heavy (non-hydrogen) atoms. The second kappa shape index (κ2) is 8.36. The van der Waals surface area contributed by atoms with Gasteiger partial charge in [-0.3, -0.25) is 4.68 Å². The minimum absolute atomic E-state index is 0.752. The molecule has 0 radical (unpaired) electrons. The van der Waals surface area contributed by atoms with Crippen LogP contribution in [0.3, 0.4) is 0 Å². The van der Waals surface area contributed by atoms with E-state index < -0.39 is 0 Å².